The van der Waals surface area contributed by atoms with Crippen LogP contribution in [0, 0.1) is 0 Å². The first-order valence-electron chi connectivity index (χ1n) is 4.49. The molecule has 1 N–H and O–H groups in total. The highest BCUT2D eigenvalue weighted by molar-refractivity contribution is 7.09. The molecule has 1 aromatic rings. The van der Waals surface area contributed by atoms with Gasteiger partial charge in [0.2, 0.25) is 0 Å². The number of hydrogen-bond donors (Lipinski definition) is 1. The second-order valence-corrected chi connectivity index (χ2v) is 4.07. The van der Waals surface area contributed by atoms with Crippen LogP contribution in [0.3, 0.4) is 0 Å². The zero-order valence-electron chi connectivity index (χ0n) is 8.16. The molecule has 13 heavy (non-hydrogen) atoms. The van der Waals surface area contributed by atoms with E-state index < -0.39 is 0 Å². The zero-order chi connectivity index (χ0) is 9.68. The van der Waals surface area contributed by atoms with Crippen molar-refractivity contribution in [3.05, 3.63) is 16.1 Å². The molecule has 0 aliphatic heterocycles. The number of rotatable bonds is 5. The van der Waals surface area contributed by atoms with Gasteiger partial charge in [0.05, 0.1) is 18.8 Å². The molecule has 0 unspecified atom stereocenters. The lowest BCUT2D eigenvalue weighted by Crippen LogP contribution is -2.18. The van der Waals surface area contributed by atoms with Crippen LogP contribution in [-0.4, -0.2) is 28.6 Å². The average molecular weight is 200 g/mol. The number of hydrogen-bond acceptors (Lipinski definition) is 4. The summed E-state index contributed by atoms with van der Waals surface area (Å²) in [6, 6.07) is 0. The van der Waals surface area contributed by atoms with Crippen LogP contribution in [0.15, 0.2) is 5.38 Å². The number of aromatic nitrogens is 1. The van der Waals surface area contributed by atoms with Gasteiger partial charge in [-0.25, -0.2) is 4.98 Å². The van der Waals surface area contributed by atoms with Crippen molar-refractivity contribution >= 4 is 11.3 Å². The Balaban J connectivity index is 2.44. The van der Waals surface area contributed by atoms with Gasteiger partial charge in [0.1, 0.15) is 5.01 Å². The molecule has 0 spiro atoms. The van der Waals surface area contributed by atoms with Crippen LogP contribution in [0.4, 0.5) is 0 Å². The smallest absolute Gasteiger partial charge is 0.107 e. The van der Waals surface area contributed by atoms with Gasteiger partial charge in [-0.05, 0) is 20.0 Å². The second-order valence-electron chi connectivity index (χ2n) is 3.13. The minimum atomic E-state index is 0.0496. The maximum Gasteiger partial charge on any atom is 0.107 e. The van der Waals surface area contributed by atoms with Crippen molar-refractivity contribution in [1.29, 1.82) is 0 Å². The largest absolute Gasteiger partial charge is 0.390 e. The van der Waals surface area contributed by atoms with Crippen LogP contribution in [0.5, 0.6) is 0 Å². The van der Waals surface area contributed by atoms with Crippen molar-refractivity contribution in [3.8, 4) is 0 Å². The second kappa shape index (κ2) is 5.32. The molecule has 0 saturated carbocycles. The van der Waals surface area contributed by atoms with Gasteiger partial charge in [0, 0.05) is 5.38 Å². The first-order valence-corrected chi connectivity index (χ1v) is 5.37. The Kier molecular flexibility index (Phi) is 4.35. The van der Waals surface area contributed by atoms with Crippen LogP contribution in [0.1, 0.15) is 24.0 Å². The molecule has 0 aliphatic carbocycles. The van der Waals surface area contributed by atoms with Gasteiger partial charge in [-0.15, -0.1) is 11.3 Å². The molecule has 0 radical (unpaired) electrons. The standard InChI is InChI=1S/C9H16N2OS/c1-3-4-11(2)5-9-10-8(6-12)7-13-9/h7,12H,3-6H2,1-2H3. The molecule has 74 valence electrons. The predicted octanol–water partition coefficient (Wildman–Crippen LogP) is 1.48. The Bertz CT molecular complexity index is 250. The fourth-order valence-electron chi connectivity index (χ4n) is 1.19. The van der Waals surface area contributed by atoms with E-state index in [1.807, 2.05) is 5.38 Å². The summed E-state index contributed by atoms with van der Waals surface area (Å²) in [4.78, 5) is 6.51. The highest BCUT2D eigenvalue weighted by atomic mass is 32.1. The molecule has 1 heterocycles. The third-order valence-corrected chi connectivity index (χ3v) is 2.65. The number of aliphatic hydroxyl groups excluding tert-OH is 1. The topological polar surface area (TPSA) is 36.4 Å². The van der Waals surface area contributed by atoms with Crippen LogP contribution in [0.2, 0.25) is 0 Å². The molecular formula is C9H16N2OS. The summed E-state index contributed by atoms with van der Waals surface area (Å²) in [5.41, 5.74) is 0.782. The molecule has 0 saturated heterocycles. The Hall–Kier alpha value is -0.450. The predicted molar refractivity (Wildman–Crippen MR) is 54.7 cm³/mol. The van der Waals surface area contributed by atoms with E-state index in [2.05, 4.69) is 23.9 Å². The number of nitrogens with zero attached hydrogens (tertiary/aromatic N) is 2. The van der Waals surface area contributed by atoms with Crippen molar-refractivity contribution in [1.82, 2.24) is 9.88 Å². The molecule has 1 aromatic heterocycles. The van der Waals surface area contributed by atoms with Gasteiger partial charge >= 0.3 is 0 Å². The van der Waals surface area contributed by atoms with E-state index in [-0.39, 0.29) is 6.61 Å². The first kappa shape index (κ1) is 10.6. The quantitative estimate of drug-likeness (QED) is 0.782. The first-order chi connectivity index (χ1) is 6.26. The molecule has 0 aromatic carbocycles. The molecular weight excluding hydrogens is 184 g/mol. The Morgan fingerprint density at radius 1 is 1.62 bits per heavy atom. The van der Waals surface area contributed by atoms with E-state index in [4.69, 9.17) is 5.11 Å². The lowest BCUT2D eigenvalue weighted by Gasteiger charge is -2.12. The molecule has 0 atom stereocenters. The van der Waals surface area contributed by atoms with E-state index in [1.54, 1.807) is 11.3 Å². The summed E-state index contributed by atoms with van der Waals surface area (Å²) in [6.45, 7) is 4.19. The van der Waals surface area contributed by atoms with Crippen molar-refractivity contribution < 1.29 is 5.11 Å². The lowest BCUT2D eigenvalue weighted by atomic mass is 10.4. The molecule has 3 nitrogen and oxygen atoms in total. The summed E-state index contributed by atoms with van der Waals surface area (Å²) < 4.78 is 0. The molecule has 0 aliphatic rings. The molecule has 0 amide bonds. The van der Waals surface area contributed by atoms with Gasteiger partial charge in [-0.3, -0.25) is 4.90 Å². The van der Waals surface area contributed by atoms with Crippen LogP contribution in [0.25, 0.3) is 0 Å². The monoisotopic (exact) mass is 200 g/mol. The van der Waals surface area contributed by atoms with Crippen molar-refractivity contribution in [2.24, 2.45) is 0 Å². The van der Waals surface area contributed by atoms with E-state index in [9.17, 15) is 0 Å². The highest BCUT2D eigenvalue weighted by Crippen LogP contribution is 2.11. The zero-order valence-corrected chi connectivity index (χ0v) is 8.97. The number of thiazole rings is 1. The summed E-state index contributed by atoms with van der Waals surface area (Å²) in [5.74, 6) is 0. The van der Waals surface area contributed by atoms with E-state index in [0.29, 0.717) is 0 Å². The van der Waals surface area contributed by atoms with E-state index >= 15 is 0 Å². The average Bonchev–Trinajstić information content (AvgIpc) is 2.52. The minimum Gasteiger partial charge on any atom is -0.390 e. The normalized spacial score (nSPS) is 11.1. The third kappa shape index (κ3) is 3.42. The van der Waals surface area contributed by atoms with Crippen molar-refractivity contribution in [2.75, 3.05) is 13.6 Å². The Morgan fingerprint density at radius 2 is 2.38 bits per heavy atom. The van der Waals surface area contributed by atoms with Crippen molar-refractivity contribution in [2.45, 2.75) is 26.5 Å². The van der Waals surface area contributed by atoms with Crippen LogP contribution < -0.4 is 0 Å². The SMILES string of the molecule is CCCN(C)Cc1nc(CO)cs1. The molecule has 4 heteroatoms. The summed E-state index contributed by atoms with van der Waals surface area (Å²) >= 11 is 1.62. The summed E-state index contributed by atoms with van der Waals surface area (Å²) in [5, 5.41) is 11.8. The Labute approximate surface area is 83.0 Å². The Morgan fingerprint density at radius 3 is 2.92 bits per heavy atom. The molecule has 0 fully saturated rings. The van der Waals surface area contributed by atoms with Gasteiger partial charge in [-0.2, -0.15) is 0 Å². The highest BCUT2D eigenvalue weighted by Gasteiger charge is 2.03. The third-order valence-electron chi connectivity index (χ3n) is 1.77. The summed E-state index contributed by atoms with van der Waals surface area (Å²) in [7, 11) is 2.09. The van der Waals surface area contributed by atoms with Gasteiger partial charge in [0.15, 0.2) is 0 Å². The maximum absolute atomic E-state index is 8.82. The maximum atomic E-state index is 8.82. The van der Waals surface area contributed by atoms with E-state index in [1.165, 1.54) is 0 Å². The van der Waals surface area contributed by atoms with Gasteiger partial charge < -0.3 is 5.11 Å². The lowest BCUT2D eigenvalue weighted by molar-refractivity contribution is 0.276. The van der Waals surface area contributed by atoms with E-state index in [0.717, 1.165) is 30.2 Å². The van der Waals surface area contributed by atoms with Crippen LogP contribution >= 0.6 is 11.3 Å². The van der Waals surface area contributed by atoms with Crippen molar-refractivity contribution in [3.63, 3.8) is 0 Å². The summed E-state index contributed by atoms with van der Waals surface area (Å²) in [6.07, 6.45) is 1.16. The molecule has 0 bridgehead atoms. The van der Waals surface area contributed by atoms with Gasteiger partial charge in [-0.1, -0.05) is 6.92 Å². The minimum absolute atomic E-state index is 0.0496. The van der Waals surface area contributed by atoms with Gasteiger partial charge in [0.25, 0.3) is 0 Å². The number of aliphatic hydroxyl groups is 1. The van der Waals surface area contributed by atoms with Crippen LogP contribution in [-0.2, 0) is 13.2 Å². The molecule has 1 rings (SSSR count). The fraction of sp³-hybridized carbons (Fsp3) is 0.667. The fourth-order valence-corrected chi connectivity index (χ4v) is 2.05.